The van der Waals surface area contributed by atoms with E-state index in [2.05, 4.69) is 50.2 Å². The minimum Gasteiger partial charge on any atom is -0.271 e. The van der Waals surface area contributed by atoms with Crippen molar-refractivity contribution in [3.05, 3.63) is 59.7 Å². The molecule has 0 amide bonds. The van der Waals surface area contributed by atoms with Crippen molar-refractivity contribution in [3.8, 4) is 0 Å². The summed E-state index contributed by atoms with van der Waals surface area (Å²) in [5, 5.41) is 0. The van der Waals surface area contributed by atoms with Crippen LogP contribution in [0.15, 0.2) is 58.3 Å². The monoisotopic (exact) mass is 289 g/mol. The highest BCUT2D eigenvalue weighted by Crippen LogP contribution is 2.37. The quantitative estimate of drug-likeness (QED) is 0.692. The fourth-order valence-corrected chi connectivity index (χ4v) is 3.98. The molecule has 0 aromatic heterocycles. The number of nitrogens with one attached hydrogen (secondary N) is 1. The topological polar surface area (TPSA) is 23.9 Å². The highest BCUT2D eigenvalue weighted by molar-refractivity contribution is 7.86. The summed E-state index contributed by atoms with van der Waals surface area (Å²) in [6.07, 6.45) is 0. The van der Waals surface area contributed by atoms with Crippen molar-refractivity contribution >= 4 is 34.2 Å². The van der Waals surface area contributed by atoms with Crippen LogP contribution in [0.3, 0.4) is 0 Å². The molecular formula is C16H16ClNS. The molecule has 98 valence electrons. The van der Waals surface area contributed by atoms with E-state index in [4.69, 9.17) is 4.78 Å². The van der Waals surface area contributed by atoms with Crippen LogP contribution < -0.4 is 0 Å². The summed E-state index contributed by atoms with van der Waals surface area (Å²) in [6, 6.07) is 16.6. The van der Waals surface area contributed by atoms with Gasteiger partial charge in [-0.2, -0.15) is 0 Å². The Bertz CT molecular complexity index is 631. The second kappa shape index (κ2) is 5.32. The first-order chi connectivity index (χ1) is 8.70. The summed E-state index contributed by atoms with van der Waals surface area (Å²) in [7, 11) is -0.590. The van der Waals surface area contributed by atoms with Gasteiger partial charge in [0.1, 0.15) is 0 Å². The number of rotatable bonds is 0. The maximum atomic E-state index is 8.56. The Morgan fingerprint density at radius 1 is 0.737 bits per heavy atom. The van der Waals surface area contributed by atoms with Crippen molar-refractivity contribution in [2.24, 2.45) is 0 Å². The largest absolute Gasteiger partial charge is 0.271 e. The first-order valence-corrected chi connectivity index (χ1v) is 7.24. The molecule has 0 saturated heterocycles. The summed E-state index contributed by atoms with van der Waals surface area (Å²) in [5.74, 6) is 0. The Labute approximate surface area is 122 Å². The minimum atomic E-state index is -0.590. The van der Waals surface area contributed by atoms with Gasteiger partial charge in [-0.05, 0) is 58.9 Å². The SMILES string of the molecule is CC1=C(C)c2ccccc2S(=N)c2ccccc21.Cl. The molecule has 19 heavy (non-hydrogen) atoms. The molecule has 0 bridgehead atoms. The third kappa shape index (κ3) is 2.15. The van der Waals surface area contributed by atoms with Gasteiger partial charge in [-0.1, -0.05) is 36.4 Å². The van der Waals surface area contributed by atoms with Crippen LogP contribution in [0, 0.1) is 4.78 Å². The zero-order valence-corrected chi connectivity index (χ0v) is 12.6. The number of hydrogen-bond donors (Lipinski definition) is 1. The number of benzene rings is 2. The molecule has 2 aromatic rings. The van der Waals surface area contributed by atoms with Gasteiger partial charge in [0.15, 0.2) is 0 Å². The lowest BCUT2D eigenvalue weighted by Gasteiger charge is -2.09. The van der Waals surface area contributed by atoms with Crippen molar-refractivity contribution in [2.45, 2.75) is 23.6 Å². The van der Waals surface area contributed by atoms with Gasteiger partial charge in [0.05, 0.1) is 0 Å². The molecule has 1 N–H and O–H groups in total. The lowest BCUT2D eigenvalue weighted by molar-refractivity contribution is 1.33. The maximum absolute atomic E-state index is 8.56. The fourth-order valence-electron chi connectivity index (χ4n) is 2.43. The predicted molar refractivity (Wildman–Crippen MR) is 84.9 cm³/mol. The molecule has 1 aliphatic rings. The average molecular weight is 290 g/mol. The van der Waals surface area contributed by atoms with Gasteiger partial charge in [-0.15, -0.1) is 12.4 Å². The molecule has 0 spiro atoms. The Kier molecular flexibility index (Phi) is 3.93. The van der Waals surface area contributed by atoms with E-state index in [0.29, 0.717) is 0 Å². The first kappa shape index (κ1) is 14.0. The number of halogens is 1. The van der Waals surface area contributed by atoms with Gasteiger partial charge in [-0.25, -0.2) is 0 Å². The predicted octanol–water partition coefficient (Wildman–Crippen LogP) is 5.17. The highest BCUT2D eigenvalue weighted by Gasteiger charge is 2.19. The van der Waals surface area contributed by atoms with E-state index in [1.54, 1.807) is 0 Å². The van der Waals surface area contributed by atoms with Crippen molar-refractivity contribution in [1.29, 1.82) is 4.78 Å². The zero-order valence-electron chi connectivity index (χ0n) is 10.9. The standard InChI is InChI=1S/C16H15NS.ClH/c1-11-12(2)14-8-4-6-10-16(14)18(17)15-9-5-3-7-13(11)15;/h3-10,17H,1-2H3;1H. The summed E-state index contributed by atoms with van der Waals surface area (Å²) in [5.41, 5.74) is 5.04. The number of fused-ring (bicyclic) bond motifs is 2. The van der Waals surface area contributed by atoms with E-state index in [1.165, 1.54) is 22.3 Å². The van der Waals surface area contributed by atoms with Crippen molar-refractivity contribution in [1.82, 2.24) is 0 Å². The van der Waals surface area contributed by atoms with Crippen LogP contribution in [0.1, 0.15) is 25.0 Å². The van der Waals surface area contributed by atoms with Crippen LogP contribution in [-0.2, 0) is 10.7 Å². The molecule has 0 atom stereocenters. The van der Waals surface area contributed by atoms with Crippen LogP contribution in [0.25, 0.3) is 11.1 Å². The van der Waals surface area contributed by atoms with E-state index >= 15 is 0 Å². The van der Waals surface area contributed by atoms with Crippen molar-refractivity contribution in [2.75, 3.05) is 0 Å². The van der Waals surface area contributed by atoms with Crippen molar-refractivity contribution < 1.29 is 0 Å². The third-order valence-corrected chi connectivity index (χ3v) is 5.18. The van der Waals surface area contributed by atoms with Gasteiger partial charge in [0.25, 0.3) is 0 Å². The van der Waals surface area contributed by atoms with Gasteiger partial charge in [-0.3, -0.25) is 4.78 Å². The first-order valence-electron chi connectivity index (χ1n) is 6.02. The summed E-state index contributed by atoms with van der Waals surface area (Å²) in [6.45, 7) is 4.32. The van der Waals surface area contributed by atoms with E-state index in [9.17, 15) is 0 Å². The lowest BCUT2D eigenvalue weighted by Crippen LogP contribution is -1.94. The molecule has 0 saturated carbocycles. The Morgan fingerprint density at radius 2 is 1.11 bits per heavy atom. The normalized spacial score (nSPS) is 14.2. The second-order valence-corrected chi connectivity index (χ2v) is 6.04. The maximum Gasteiger partial charge on any atom is 0.0304 e. The van der Waals surface area contributed by atoms with Gasteiger partial charge < -0.3 is 0 Å². The van der Waals surface area contributed by atoms with E-state index < -0.39 is 10.7 Å². The minimum absolute atomic E-state index is 0. The van der Waals surface area contributed by atoms with Crippen molar-refractivity contribution in [3.63, 3.8) is 0 Å². The molecule has 1 heterocycles. The van der Waals surface area contributed by atoms with Gasteiger partial charge in [0.2, 0.25) is 0 Å². The van der Waals surface area contributed by atoms with Crippen LogP contribution >= 0.6 is 12.4 Å². The van der Waals surface area contributed by atoms with E-state index in [1.807, 2.05) is 12.1 Å². The Hall–Kier alpha value is -1.38. The smallest absolute Gasteiger partial charge is 0.0304 e. The number of hydrogen-bond acceptors (Lipinski definition) is 1. The molecule has 0 unspecified atom stereocenters. The van der Waals surface area contributed by atoms with E-state index in [0.717, 1.165) is 9.79 Å². The number of allylic oxidation sites excluding steroid dienone is 2. The molecule has 1 aliphatic heterocycles. The molecule has 0 fully saturated rings. The molecule has 0 radical (unpaired) electrons. The van der Waals surface area contributed by atoms with Crippen LogP contribution in [0.5, 0.6) is 0 Å². The highest BCUT2D eigenvalue weighted by atomic mass is 35.5. The fraction of sp³-hybridized carbons (Fsp3) is 0.125. The lowest BCUT2D eigenvalue weighted by atomic mass is 9.97. The van der Waals surface area contributed by atoms with Gasteiger partial charge >= 0.3 is 0 Å². The average Bonchev–Trinajstić information content (AvgIpc) is 2.51. The molecule has 3 heteroatoms. The molecule has 3 rings (SSSR count). The molecular weight excluding hydrogens is 274 g/mol. The molecule has 2 aromatic carbocycles. The molecule has 1 nitrogen and oxygen atoms in total. The Balaban J connectivity index is 0.00000133. The second-order valence-electron chi connectivity index (χ2n) is 4.55. The Morgan fingerprint density at radius 3 is 1.53 bits per heavy atom. The summed E-state index contributed by atoms with van der Waals surface area (Å²) < 4.78 is 8.56. The molecule has 0 aliphatic carbocycles. The van der Waals surface area contributed by atoms with Gasteiger partial charge in [0, 0.05) is 9.79 Å². The van der Waals surface area contributed by atoms with Crippen LogP contribution in [-0.4, -0.2) is 0 Å². The van der Waals surface area contributed by atoms with Crippen LogP contribution in [0.2, 0.25) is 0 Å². The zero-order chi connectivity index (χ0) is 12.7. The third-order valence-electron chi connectivity index (χ3n) is 3.58. The van der Waals surface area contributed by atoms with Crippen LogP contribution in [0.4, 0.5) is 0 Å². The summed E-state index contributed by atoms with van der Waals surface area (Å²) >= 11 is 0. The van der Waals surface area contributed by atoms with E-state index in [-0.39, 0.29) is 12.4 Å². The summed E-state index contributed by atoms with van der Waals surface area (Å²) in [4.78, 5) is 2.28.